The Balaban J connectivity index is 1.80. The van der Waals surface area contributed by atoms with Gasteiger partial charge in [-0.3, -0.25) is 14.9 Å². The molecule has 48 heavy (non-hydrogen) atoms. The lowest BCUT2D eigenvalue weighted by molar-refractivity contribution is -0.161. The van der Waals surface area contributed by atoms with Crippen molar-refractivity contribution in [1.29, 1.82) is 0 Å². The molecule has 3 aliphatic heterocycles. The maximum atomic E-state index is 14.0. The van der Waals surface area contributed by atoms with Gasteiger partial charge in [0.1, 0.15) is 40.7 Å². The number of carbonyl (C=O) groups excluding carboxylic acids is 4. The number of aliphatic hydroxyl groups is 1. The highest BCUT2D eigenvalue weighted by molar-refractivity contribution is 6.35. The summed E-state index contributed by atoms with van der Waals surface area (Å²) in [6.07, 6.45) is 1.02. The average Bonchev–Trinajstić information content (AvgIpc) is 3.73. The number of fused-ring (bicyclic) bond motifs is 5. The predicted molar refractivity (Wildman–Crippen MR) is 177 cm³/mol. The second-order valence-electron chi connectivity index (χ2n) is 13.0. The number of anilines is 1. The van der Waals surface area contributed by atoms with E-state index in [-0.39, 0.29) is 23.8 Å². The maximum Gasteiger partial charge on any atom is 0.409 e. The molecule has 3 aliphatic rings. The third-order valence-electron chi connectivity index (χ3n) is 9.63. The number of benzene rings is 1. The monoisotopic (exact) mass is 691 g/mol. The topological polar surface area (TPSA) is 156 Å². The molecule has 0 radical (unpaired) electrons. The predicted octanol–water partition coefficient (Wildman–Crippen LogP) is 3.53. The first kappa shape index (κ1) is 37.2. The molecule has 4 rings (SSSR count). The van der Waals surface area contributed by atoms with Crippen molar-refractivity contribution in [2.24, 2.45) is 5.92 Å². The van der Waals surface area contributed by atoms with E-state index in [4.69, 9.17) is 35.3 Å². The van der Waals surface area contributed by atoms with Crippen LogP contribution in [0.25, 0.3) is 0 Å². The van der Waals surface area contributed by atoms with E-state index >= 15 is 0 Å². The molecule has 3 amide bonds. The number of alkyl carbamates (subject to hydrolysis) is 1. The number of likely N-dealkylation sites (N-methyl/N-ethyl adjacent to an activating group) is 1. The third kappa shape index (κ3) is 7.64. The summed E-state index contributed by atoms with van der Waals surface area (Å²) in [6.45, 7) is 8.29. The molecule has 0 aliphatic carbocycles. The summed E-state index contributed by atoms with van der Waals surface area (Å²) in [5.74, 6) is -1.63. The summed E-state index contributed by atoms with van der Waals surface area (Å²) >= 11 is 6.71. The number of rotatable bonds is 5. The minimum absolute atomic E-state index is 0.0436. The SMILES string of the molecule is COc1cc2cc(c1Cl)N(C)C(=O)C[C@H](OC(=O)C(C)N(C)C(C)=O)C1(C)OC1[C@H](C)C1C[C@@](O)(NC(=O)O1)[C@H](OC)/C=C/C=C(\C)C2. The Morgan fingerprint density at radius 1 is 1.25 bits per heavy atom. The number of carbonyl (C=O) groups is 4. The van der Waals surface area contributed by atoms with Gasteiger partial charge in [0.2, 0.25) is 11.8 Å². The lowest BCUT2D eigenvalue weighted by Gasteiger charge is -2.42. The van der Waals surface area contributed by atoms with Crippen molar-refractivity contribution >= 4 is 41.2 Å². The van der Waals surface area contributed by atoms with Crippen molar-refractivity contribution in [2.75, 3.05) is 33.2 Å². The Hall–Kier alpha value is -3.65. The highest BCUT2D eigenvalue weighted by Crippen LogP contribution is 2.49. The fourth-order valence-electron chi connectivity index (χ4n) is 6.27. The van der Waals surface area contributed by atoms with Gasteiger partial charge in [0, 0.05) is 40.5 Å². The summed E-state index contributed by atoms with van der Waals surface area (Å²) in [7, 11) is 5.97. The Morgan fingerprint density at radius 3 is 2.56 bits per heavy atom. The van der Waals surface area contributed by atoms with Gasteiger partial charge >= 0.3 is 12.1 Å². The molecule has 0 saturated carbocycles. The largest absolute Gasteiger partial charge is 0.495 e. The second-order valence-corrected chi connectivity index (χ2v) is 13.4. The summed E-state index contributed by atoms with van der Waals surface area (Å²) in [4.78, 5) is 54.7. The molecular formula is C34H46ClN3O10. The zero-order chi connectivity index (χ0) is 35.7. The van der Waals surface area contributed by atoms with E-state index in [9.17, 15) is 24.3 Å². The van der Waals surface area contributed by atoms with Crippen LogP contribution in [0, 0.1) is 5.92 Å². The van der Waals surface area contributed by atoms with E-state index < -0.39 is 65.7 Å². The van der Waals surface area contributed by atoms with E-state index in [1.54, 1.807) is 45.2 Å². The standard InChI is InChI=1S/C34H46ClN3O10/c1-18-11-10-12-26(45-9)34(43)17-25(46-32(42)36-34)19(2)30-33(5,48-30)27(47-31(41)20(3)37(6)21(4)39)16-28(40)38(7)23-14-22(13-18)15-24(44-8)29(23)35/h10-12,14-15,19-20,25-27,30,43H,13,16-17H2,1-9H3,(H,36,42)/b12-10+,18-11+/t19-,20?,25?,26-,27+,30?,33?,34+/m1/s1. The zero-order valence-electron chi connectivity index (χ0n) is 28.9. The Kier molecular flexibility index (Phi) is 11.2. The summed E-state index contributed by atoms with van der Waals surface area (Å²) in [5.41, 5.74) is -0.871. The number of nitrogens with zero attached hydrogens (tertiary/aromatic N) is 2. The smallest absolute Gasteiger partial charge is 0.409 e. The number of amides is 3. The molecule has 14 heteroatoms. The second kappa shape index (κ2) is 14.5. The van der Waals surface area contributed by atoms with Crippen LogP contribution >= 0.6 is 11.6 Å². The van der Waals surface area contributed by atoms with Crippen molar-refractivity contribution in [3.63, 3.8) is 0 Å². The van der Waals surface area contributed by atoms with Gasteiger partial charge in [0.05, 0.1) is 25.3 Å². The molecule has 4 bridgehead atoms. The molecule has 8 atom stereocenters. The van der Waals surface area contributed by atoms with Gasteiger partial charge in [-0.2, -0.15) is 0 Å². The molecule has 1 aromatic rings. The number of hydrogen-bond donors (Lipinski definition) is 2. The van der Waals surface area contributed by atoms with Gasteiger partial charge in [0.15, 0.2) is 5.72 Å². The number of esters is 1. The van der Waals surface area contributed by atoms with Gasteiger partial charge in [-0.15, -0.1) is 0 Å². The van der Waals surface area contributed by atoms with E-state index in [0.717, 1.165) is 11.1 Å². The minimum atomic E-state index is -1.81. The highest BCUT2D eigenvalue weighted by atomic mass is 35.5. The first-order chi connectivity index (χ1) is 22.4. The van der Waals surface area contributed by atoms with E-state index in [0.29, 0.717) is 17.9 Å². The number of epoxide rings is 1. The molecule has 0 aromatic heterocycles. The summed E-state index contributed by atoms with van der Waals surface area (Å²) in [6, 6.07) is 2.63. The van der Waals surface area contributed by atoms with Crippen LogP contribution in [0.2, 0.25) is 5.02 Å². The zero-order valence-corrected chi connectivity index (χ0v) is 29.6. The molecule has 2 N–H and O–H groups in total. The van der Waals surface area contributed by atoms with Gasteiger partial charge in [0.25, 0.3) is 0 Å². The van der Waals surface area contributed by atoms with Crippen LogP contribution in [0.5, 0.6) is 5.75 Å². The molecule has 4 unspecified atom stereocenters. The Labute approximate surface area is 286 Å². The molecule has 264 valence electrons. The molecule has 13 nitrogen and oxygen atoms in total. The minimum Gasteiger partial charge on any atom is -0.495 e. The number of methoxy groups -OCH3 is 2. The summed E-state index contributed by atoms with van der Waals surface area (Å²) < 4.78 is 28.9. The average molecular weight is 692 g/mol. The molecular weight excluding hydrogens is 646 g/mol. The van der Waals surface area contributed by atoms with Gasteiger partial charge in [-0.25, -0.2) is 9.59 Å². The van der Waals surface area contributed by atoms with Crippen molar-refractivity contribution < 1.29 is 48.0 Å². The van der Waals surface area contributed by atoms with E-state index in [1.807, 2.05) is 13.0 Å². The fourth-order valence-corrected chi connectivity index (χ4v) is 6.59. The van der Waals surface area contributed by atoms with E-state index in [2.05, 4.69) is 5.32 Å². The van der Waals surface area contributed by atoms with Crippen LogP contribution in [0.3, 0.4) is 0 Å². The quantitative estimate of drug-likeness (QED) is 0.346. The lowest BCUT2D eigenvalue weighted by atomic mass is 9.83. The van der Waals surface area contributed by atoms with E-state index in [1.165, 1.54) is 44.9 Å². The van der Waals surface area contributed by atoms with Crippen LogP contribution in [0.1, 0.15) is 53.0 Å². The number of allylic oxidation sites excluding steroid dienone is 3. The van der Waals surface area contributed by atoms with Crippen molar-refractivity contribution in [3.8, 4) is 5.75 Å². The van der Waals surface area contributed by atoms with Crippen LogP contribution in [-0.2, 0) is 39.8 Å². The molecule has 1 aromatic carbocycles. The van der Waals surface area contributed by atoms with Crippen LogP contribution in [0.15, 0.2) is 35.9 Å². The molecule has 2 fully saturated rings. The van der Waals surface area contributed by atoms with Crippen LogP contribution < -0.4 is 15.0 Å². The van der Waals surface area contributed by atoms with Gasteiger partial charge < -0.3 is 38.6 Å². The van der Waals surface area contributed by atoms with Gasteiger partial charge in [-0.1, -0.05) is 42.3 Å². The Morgan fingerprint density at radius 2 is 1.94 bits per heavy atom. The summed E-state index contributed by atoms with van der Waals surface area (Å²) in [5, 5.41) is 14.4. The van der Waals surface area contributed by atoms with Gasteiger partial charge in [-0.05, 0) is 44.9 Å². The highest BCUT2D eigenvalue weighted by Gasteiger charge is 2.64. The van der Waals surface area contributed by atoms with Crippen LogP contribution in [-0.4, -0.2) is 104 Å². The fraction of sp³-hybridized carbons (Fsp3) is 0.588. The molecule has 2 saturated heterocycles. The third-order valence-corrected chi connectivity index (χ3v) is 10.0. The number of halogens is 1. The molecule has 0 spiro atoms. The Bertz CT molecular complexity index is 1500. The van der Waals surface area contributed by atoms with Crippen molar-refractivity contribution in [1.82, 2.24) is 10.2 Å². The molecule has 3 heterocycles. The maximum absolute atomic E-state index is 14.0. The number of nitrogens with one attached hydrogen (secondary N) is 1. The van der Waals surface area contributed by atoms with Crippen molar-refractivity contribution in [3.05, 3.63) is 46.5 Å². The first-order valence-corrected chi connectivity index (χ1v) is 16.2. The lowest BCUT2D eigenvalue weighted by Crippen LogP contribution is -2.63. The van der Waals surface area contributed by atoms with Crippen LogP contribution in [0.4, 0.5) is 10.5 Å². The van der Waals surface area contributed by atoms with Crippen molar-refractivity contribution in [2.45, 2.75) is 95.7 Å². The number of hydrogen-bond acceptors (Lipinski definition) is 10. The first-order valence-electron chi connectivity index (χ1n) is 15.8. The number of ether oxygens (including phenoxy) is 5. The normalized spacial score (nSPS) is 33.2.